The number of amides is 1. The summed E-state index contributed by atoms with van der Waals surface area (Å²) in [6.07, 6.45) is -3.21. The number of hydrogen-bond donors (Lipinski definition) is 1. The second-order valence-corrected chi connectivity index (χ2v) is 4.55. The van der Waals surface area contributed by atoms with Gasteiger partial charge in [0.05, 0.1) is 24.0 Å². The second-order valence-electron chi connectivity index (χ2n) is 4.14. The number of anilines is 1. The third-order valence-electron chi connectivity index (χ3n) is 2.56. The summed E-state index contributed by atoms with van der Waals surface area (Å²) < 4.78 is 43.1. The van der Waals surface area contributed by atoms with Crippen LogP contribution < -0.4 is 4.90 Å². The lowest BCUT2D eigenvalue weighted by Gasteiger charge is -2.21. The Morgan fingerprint density at radius 3 is 2.61 bits per heavy atom. The standard InChI is InChI=1S/C12H7ClF3N3O4/c13-7-4-17-11(18-8(7)9(20)21)19(10(22)12(14,15)16)5-6-2-1-3-23-6/h1-4H,5H2,(H,20,21). The number of halogens is 4. The third-order valence-corrected chi connectivity index (χ3v) is 2.83. The summed E-state index contributed by atoms with van der Waals surface area (Å²) in [5, 5.41) is 8.53. The Hall–Kier alpha value is -2.62. The van der Waals surface area contributed by atoms with Crippen LogP contribution in [0, 0.1) is 0 Å². The molecule has 1 amide bonds. The van der Waals surface area contributed by atoms with Crippen molar-refractivity contribution in [1.82, 2.24) is 9.97 Å². The number of carbonyl (C=O) groups is 2. The van der Waals surface area contributed by atoms with Crippen molar-refractivity contribution in [2.75, 3.05) is 4.90 Å². The number of alkyl halides is 3. The van der Waals surface area contributed by atoms with Gasteiger partial charge in [-0.25, -0.2) is 14.8 Å². The molecule has 0 fully saturated rings. The fourth-order valence-corrected chi connectivity index (χ4v) is 1.75. The summed E-state index contributed by atoms with van der Waals surface area (Å²) in [5.74, 6) is -4.58. The molecule has 2 aromatic heterocycles. The van der Waals surface area contributed by atoms with Crippen LogP contribution in [0.15, 0.2) is 29.0 Å². The fraction of sp³-hybridized carbons (Fsp3) is 0.167. The summed E-state index contributed by atoms with van der Waals surface area (Å²) >= 11 is 5.56. The minimum Gasteiger partial charge on any atom is -0.476 e. The maximum absolute atomic E-state index is 12.7. The smallest absolute Gasteiger partial charge is 0.471 e. The molecule has 0 spiro atoms. The molecule has 0 aromatic carbocycles. The van der Waals surface area contributed by atoms with Crippen molar-refractivity contribution in [3.63, 3.8) is 0 Å². The van der Waals surface area contributed by atoms with Crippen LogP contribution in [0.25, 0.3) is 0 Å². The third kappa shape index (κ3) is 3.77. The zero-order valence-corrected chi connectivity index (χ0v) is 11.8. The zero-order chi connectivity index (χ0) is 17.2. The highest BCUT2D eigenvalue weighted by Crippen LogP contribution is 2.25. The van der Waals surface area contributed by atoms with Gasteiger partial charge in [-0.3, -0.25) is 9.69 Å². The van der Waals surface area contributed by atoms with Gasteiger partial charge < -0.3 is 9.52 Å². The van der Waals surface area contributed by atoms with Crippen LogP contribution >= 0.6 is 11.6 Å². The van der Waals surface area contributed by atoms with Crippen LogP contribution in [0.4, 0.5) is 19.1 Å². The van der Waals surface area contributed by atoms with Crippen LogP contribution in [0.1, 0.15) is 16.2 Å². The molecular formula is C12H7ClF3N3O4. The Labute approximate surface area is 131 Å². The van der Waals surface area contributed by atoms with Crippen LogP contribution in [-0.2, 0) is 11.3 Å². The Morgan fingerprint density at radius 2 is 2.09 bits per heavy atom. The lowest BCUT2D eigenvalue weighted by atomic mass is 10.3. The highest BCUT2D eigenvalue weighted by molar-refractivity contribution is 6.33. The fourth-order valence-electron chi connectivity index (χ4n) is 1.58. The predicted octanol–water partition coefficient (Wildman–Crippen LogP) is 2.52. The number of carboxylic acids is 1. The van der Waals surface area contributed by atoms with Crippen molar-refractivity contribution in [1.29, 1.82) is 0 Å². The molecule has 0 unspecified atom stereocenters. The number of aromatic nitrogens is 2. The first-order valence-corrected chi connectivity index (χ1v) is 6.25. The van der Waals surface area contributed by atoms with Crippen LogP contribution in [0.2, 0.25) is 5.02 Å². The van der Waals surface area contributed by atoms with Crippen LogP contribution in [0.5, 0.6) is 0 Å². The SMILES string of the molecule is O=C(O)c1nc(N(Cc2ccco2)C(=O)C(F)(F)F)ncc1Cl. The van der Waals surface area contributed by atoms with E-state index in [1.807, 2.05) is 0 Å². The molecule has 0 saturated carbocycles. The van der Waals surface area contributed by atoms with Gasteiger partial charge in [0.1, 0.15) is 5.76 Å². The first-order valence-electron chi connectivity index (χ1n) is 5.87. The minimum absolute atomic E-state index is 0.0259. The van der Waals surface area contributed by atoms with Crippen LogP contribution in [-0.4, -0.2) is 33.1 Å². The van der Waals surface area contributed by atoms with Crippen LogP contribution in [0.3, 0.4) is 0 Å². The molecule has 2 rings (SSSR count). The number of nitrogens with zero attached hydrogens (tertiary/aromatic N) is 3. The van der Waals surface area contributed by atoms with E-state index in [-0.39, 0.29) is 15.7 Å². The van der Waals surface area contributed by atoms with E-state index in [0.717, 1.165) is 6.20 Å². The molecule has 7 nitrogen and oxygen atoms in total. The van der Waals surface area contributed by atoms with Gasteiger partial charge in [0.15, 0.2) is 5.69 Å². The lowest BCUT2D eigenvalue weighted by molar-refractivity contribution is -0.170. The molecule has 0 radical (unpaired) electrons. The first-order chi connectivity index (χ1) is 10.7. The first kappa shape index (κ1) is 16.7. The number of rotatable bonds is 4. The normalized spacial score (nSPS) is 11.3. The molecule has 2 aromatic rings. The minimum atomic E-state index is -5.21. The summed E-state index contributed by atoms with van der Waals surface area (Å²) in [6, 6.07) is 2.75. The van der Waals surface area contributed by atoms with E-state index in [1.165, 1.54) is 18.4 Å². The maximum atomic E-state index is 12.7. The van der Waals surface area contributed by atoms with E-state index in [9.17, 15) is 22.8 Å². The van der Waals surface area contributed by atoms with Crippen molar-refractivity contribution in [2.24, 2.45) is 0 Å². The second kappa shape index (κ2) is 6.24. The number of hydrogen-bond acceptors (Lipinski definition) is 5. The zero-order valence-electron chi connectivity index (χ0n) is 11.0. The highest BCUT2D eigenvalue weighted by Gasteiger charge is 2.44. The molecular weight excluding hydrogens is 343 g/mol. The quantitative estimate of drug-likeness (QED) is 0.911. The van der Waals surface area contributed by atoms with Crippen molar-refractivity contribution in [3.05, 3.63) is 41.1 Å². The Kier molecular flexibility index (Phi) is 4.55. The average Bonchev–Trinajstić information content (AvgIpc) is 2.96. The van der Waals surface area contributed by atoms with Gasteiger partial charge >= 0.3 is 18.1 Å². The maximum Gasteiger partial charge on any atom is 0.471 e. The van der Waals surface area contributed by atoms with E-state index < -0.39 is 36.2 Å². The molecule has 0 atom stereocenters. The Bertz CT molecular complexity index is 734. The van der Waals surface area contributed by atoms with Crippen molar-refractivity contribution >= 4 is 29.4 Å². The van der Waals surface area contributed by atoms with E-state index in [4.69, 9.17) is 21.1 Å². The van der Waals surface area contributed by atoms with Gasteiger partial charge in [-0.15, -0.1) is 0 Å². The predicted molar refractivity (Wildman–Crippen MR) is 70.0 cm³/mol. The van der Waals surface area contributed by atoms with E-state index in [1.54, 1.807) is 0 Å². The number of aromatic carboxylic acids is 1. The summed E-state index contributed by atoms with van der Waals surface area (Å²) in [6.45, 7) is -0.633. The van der Waals surface area contributed by atoms with Crippen molar-refractivity contribution in [2.45, 2.75) is 12.7 Å². The molecule has 0 aliphatic heterocycles. The molecule has 0 aliphatic carbocycles. The molecule has 122 valence electrons. The Morgan fingerprint density at radius 1 is 1.39 bits per heavy atom. The molecule has 2 heterocycles. The summed E-state index contributed by atoms with van der Waals surface area (Å²) in [5.41, 5.74) is -0.726. The topological polar surface area (TPSA) is 96.5 Å². The molecule has 0 saturated heterocycles. The van der Waals surface area contributed by atoms with Crippen molar-refractivity contribution < 1.29 is 32.3 Å². The van der Waals surface area contributed by atoms with Gasteiger partial charge in [0, 0.05) is 0 Å². The number of carboxylic acid groups (broad SMARTS) is 1. The average molecular weight is 350 g/mol. The monoisotopic (exact) mass is 349 g/mol. The summed E-state index contributed by atoms with van der Waals surface area (Å²) in [4.78, 5) is 29.6. The Balaban J connectivity index is 2.47. The van der Waals surface area contributed by atoms with Gasteiger partial charge in [-0.2, -0.15) is 13.2 Å². The largest absolute Gasteiger partial charge is 0.476 e. The molecule has 23 heavy (non-hydrogen) atoms. The molecule has 0 aliphatic rings. The van der Waals surface area contributed by atoms with E-state index in [0.29, 0.717) is 0 Å². The van der Waals surface area contributed by atoms with E-state index >= 15 is 0 Å². The number of carbonyl (C=O) groups excluding carboxylic acids is 1. The van der Waals surface area contributed by atoms with Crippen molar-refractivity contribution in [3.8, 4) is 0 Å². The van der Waals surface area contributed by atoms with E-state index in [2.05, 4.69) is 9.97 Å². The summed E-state index contributed by atoms with van der Waals surface area (Å²) in [7, 11) is 0. The lowest BCUT2D eigenvalue weighted by Crippen LogP contribution is -2.41. The van der Waals surface area contributed by atoms with Gasteiger partial charge in [0.25, 0.3) is 0 Å². The van der Waals surface area contributed by atoms with Gasteiger partial charge in [-0.05, 0) is 12.1 Å². The van der Waals surface area contributed by atoms with Gasteiger partial charge in [-0.1, -0.05) is 11.6 Å². The molecule has 0 bridgehead atoms. The molecule has 1 N–H and O–H groups in total. The van der Waals surface area contributed by atoms with Gasteiger partial charge in [0.2, 0.25) is 5.95 Å². The number of furan rings is 1. The molecule has 11 heteroatoms. The highest BCUT2D eigenvalue weighted by atomic mass is 35.5.